The van der Waals surface area contributed by atoms with Crippen LogP contribution in [0.25, 0.3) is 10.9 Å². The first-order chi connectivity index (χ1) is 13.0. The Bertz CT molecular complexity index is 869. The van der Waals surface area contributed by atoms with E-state index >= 15 is 0 Å². The molecule has 4 rings (SSSR count). The van der Waals surface area contributed by atoms with Gasteiger partial charge >= 0.3 is 0 Å². The number of carbonyl (C=O) groups is 1. The highest BCUT2D eigenvalue weighted by Gasteiger charge is 2.44. The summed E-state index contributed by atoms with van der Waals surface area (Å²) in [7, 11) is 0. The first-order valence-electron chi connectivity index (χ1n) is 9.28. The van der Waals surface area contributed by atoms with Crippen molar-refractivity contribution in [1.29, 1.82) is 0 Å². The maximum Gasteiger partial charge on any atom is 0.290 e. The standard InChI is InChI=1S/C19H23ClN2O2.CH2O2/c20-15-5-1-4-14-16(23)10-13(21-18(14)15)11-22-9-3-8-19(12-22)7-2-6-17(19)24;2-1-3/h1,4-5,10,17,24H,2-3,6-9,11-12H2,(H,21,23);1H,(H,2,3)/t17-,19-;/m1./s1. The number of nitrogens with zero attached hydrogens (tertiary/aromatic N) is 1. The van der Waals surface area contributed by atoms with Crippen molar-refractivity contribution in [2.75, 3.05) is 13.1 Å². The van der Waals surface area contributed by atoms with Crippen LogP contribution in [0.15, 0.2) is 29.1 Å². The molecular formula is C20H25ClN2O4. The summed E-state index contributed by atoms with van der Waals surface area (Å²) in [5, 5.41) is 18.5. The lowest BCUT2D eigenvalue weighted by Crippen LogP contribution is -2.46. The van der Waals surface area contributed by atoms with Crippen molar-refractivity contribution in [2.24, 2.45) is 5.41 Å². The van der Waals surface area contributed by atoms with Crippen molar-refractivity contribution in [1.82, 2.24) is 9.88 Å². The van der Waals surface area contributed by atoms with Gasteiger partial charge in [0.25, 0.3) is 6.47 Å². The van der Waals surface area contributed by atoms with E-state index < -0.39 is 0 Å². The predicted octanol–water partition coefficient (Wildman–Crippen LogP) is 3.01. The third-order valence-electron chi connectivity index (χ3n) is 5.81. The number of hydrogen-bond donors (Lipinski definition) is 3. The van der Waals surface area contributed by atoms with E-state index in [1.807, 2.05) is 0 Å². The summed E-state index contributed by atoms with van der Waals surface area (Å²) in [6.07, 6.45) is 5.21. The van der Waals surface area contributed by atoms with E-state index in [0.717, 1.165) is 50.9 Å². The van der Waals surface area contributed by atoms with Gasteiger partial charge in [-0.3, -0.25) is 14.5 Å². The molecule has 6 nitrogen and oxygen atoms in total. The van der Waals surface area contributed by atoms with Crippen LogP contribution in [0.3, 0.4) is 0 Å². The van der Waals surface area contributed by atoms with Gasteiger partial charge in [0, 0.05) is 35.7 Å². The number of aromatic amines is 1. The number of benzene rings is 1. The highest BCUT2D eigenvalue weighted by atomic mass is 35.5. The molecule has 1 aromatic carbocycles. The maximum atomic E-state index is 12.4. The number of nitrogens with one attached hydrogen (secondary N) is 1. The molecule has 0 radical (unpaired) electrons. The van der Waals surface area contributed by atoms with Crippen molar-refractivity contribution in [3.05, 3.63) is 45.2 Å². The Morgan fingerprint density at radius 1 is 1.33 bits per heavy atom. The van der Waals surface area contributed by atoms with Gasteiger partial charge in [-0.2, -0.15) is 0 Å². The molecule has 2 aromatic rings. The molecule has 2 heterocycles. The zero-order valence-corrected chi connectivity index (χ0v) is 15.9. The second-order valence-corrected chi connectivity index (χ2v) is 7.92. The second kappa shape index (κ2) is 8.42. The van der Waals surface area contributed by atoms with E-state index in [4.69, 9.17) is 21.5 Å². The Hall–Kier alpha value is -1.89. The average molecular weight is 393 g/mol. The lowest BCUT2D eigenvalue weighted by atomic mass is 9.76. The van der Waals surface area contributed by atoms with Gasteiger partial charge in [-0.1, -0.05) is 24.1 Å². The number of pyridine rings is 1. The van der Waals surface area contributed by atoms with Gasteiger partial charge in [-0.05, 0) is 44.4 Å². The van der Waals surface area contributed by atoms with E-state index in [-0.39, 0.29) is 23.4 Å². The van der Waals surface area contributed by atoms with Gasteiger partial charge in [-0.25, -0.2) is 0 Å². The molecule has 1 saturated carbocycles. The molecule has 2 aliphatic rings. The third-order valence-corrected chi connectivity index (χ3v) is 6.13. The molecule has 1 aliphatic heterocycles. The summed E-state index contributed by atoms with van der Waals surface area (Å²) in [5.41, 5.74) is 1.68. The molecule has 27 heavy (non-hydrogen) atoms. The number of rotatable bonds is 2. The number of aliphatic hydroxyl groups is 1. The van der Waals surface area contributed by atoms with Gasteiger partial charge in [0.15, 0.2) is 5.43 Å². The van der Waals surface area contributed by atoms with Crippen LogP contribution >= 0.6 is 11.6 Å². The first kappa shape index (κ1) is 19.9. The minimum absolute atomic E-state index is 0.00822. The third kappa shape index (κ3) is 4.18. The number of H-pyrrole nitrogens is 1. The first-order valence-corrected chi connectivity index (χ1v) is 9.65. The van der Waals surface area contributed by atoms with Gasteiger partial charge in [0.05, 0.1) is 16.6 Å². The van der Waals surface area contributed by atoms with Crippen molar-refractivity contribution in [2.45, 2.75) is 44.8 Å². The van der Waals surface area contributed by atoms with Gasteiger partial charge in [-0.15, -0.1) is 0 Å². The monoisotopic (exact) mass is 392 g/mol. The SMILES string of the molecule is O=CO.O=c1cc(CN2CCC[C@]3(CCC[C@H]3O)C2)[nH]c2c(Cl)cccc12. The summed E-state index contributed by atoms with van der Waals surface area (Å²) in [5.74, 6) is 0. The Balaban J connectivity index is 0.000000659. The number of para-hydroxylation sites is 1. The normalized spacial score (nSPS) is 25.3. The van der Waals surface area contributed by atoms with E-state index in [0.29, 0.717) is 22.5 Å². The van der Waals surface area contributed by atoms with Gasteiger partial charge < -0.3 is 15.2 Å². The highest BCUT2D eigenvalue weighted by Crippen LogP contribution is 2.45. The predicted molar refractivity (Wildman–Crippen MR) is 105 cm³/mol. The molecule has 1 saturated heterocycles. The van der Waals surface area contributed by atoms with Crippen molar-refractivity contribution in [3.8, 4) is 0 Å². The number of aromatic nitrogens is 1. The Kier molecular flexibility index (Phi) is 6.19. The number of likely N-dealkylation sites (tertiary alicyclic amines) is 1. The molecule has 3 N–H and O–H groups in total. The summed E-state index contributed by atoms with van der Waals surface area (Å²) in [4.78, 5) is 26.4. The van der Waals surface area contributed by atoms with E-state index in [2.05, 4.69) is 9.88 Å². The fourth-order valence-corrected chi connectivity index (χ4v) is 4.83. The number of fused-ring (bicyclic) bond motifs is 1. The molecule has 146 valence electrons. The van der Waals surface area contributed by atoms with E-state index in [9.17, 15) is 9.90 Å². The quantitative estimate of drug-likeness (QED) is 0.683. The molecule has 2 fully saturated rings. The fraction of sp³-hybridized carbons (Fsp3) is 0.500. The molecular weight excluding hydrogens is 368 g/mol. The number of halogens is 1. The van der Waals surface area contributed by atoms with Gasteiger partial charge in [0.1, 0.15) is 0 Å². The zero-order valence-electron chi connectivity index (χ0n) is 15.2. The summed E-state index contributed by atoms with van der Waals surface area (Å²) < 4.78 is 0. The van der Waals surface area contributed by atoms with Crippen LogP contribution < -0.4 is 5.43 Å². The largest absolute Gasteiger partial charge is 0.483 e. The molecule has 2 atom stereocenters. The minimum Gasteiger partial charge on any atom is -0.483 e. The molecule has 1 aromatic heterocycles. The van der Waals surface area contributed by atoms with Crippen LogP contribution in [-0.4, -0.2) is 45.8 Å². The molecule has 1 spiro atoms. The average Bonchev–Trinajstić information content (AvgIpc) is 2.96. The number of hydrogen-bond acceptors (Lipinski definition) is 4. The molecule has 7 heteroatoms. The van der Waals surface area contributed by atoms with Gasteiger partial charge in [0.2, 0.25) is 0 Å². The Morgan fingerprint density at radius 3 is 2.78 bits per heavy atom. The lowest BCUT2D eigenvalue weighted by molar-refractivity contribution is -0.122. The van der Waals surface area contributed by atoms with Crippen molar-refractivity contribution >= 4 is 29.0 Å². The Morgan fingerprint density at radius 2 is 2.07 bits per heavy atom. The number of piperidine rings is 1. The van der Waals surface area contributed by atoms with Crippen LogP contribution in [0, 0.1) is 5.41 Å². The second-order valence-electron chi connectivity index (χ2n) is 7.51. The fourth-order valence-electron chi connectivity index (χ4n) is 4.60. The molecule has 0 unspecified atom stereocenters. The molecule has 1 aliphatic carbocycles. The van der Waals surface area contributed by atoms with Crippen LogP contribution in [0.4, 0.5) is 0 Å². The van der Waals surface area contributed by atoms with Crippen LogP contribution in [0.5, 0.6) is 0 Å². The van der Waals surface area contributed by atoms with Crippen LogP contribution in [0.2, 0.25) is 5.02 Å². The summed E-state index contributed by atoms with van der Waals surface area (Å²) in [6.45, 7) is 2.37. The minimum atomic E-state index is -0.250. The number of carboxylic acid groups (broad SMARTS) is 1. The zero-order chi connectivity index (χ0) is 19.4. The molecule has 0 bridgehead atoms. The summed E-state index contributed by atoms with van der Waals surface area (Å²) in [6, 6.07) is 7.09. The van der Waals surface area contributed by atoms with E-state index in [1.54, 1.807) is 24.3 Å². The van der Waals surface area contributed by atoms with Crippen LogP contribution in [-0.2, 0) is 11.3 Å². The van der Waals surface area contributed by atoms with Crippen LogP contribution in [0.1, 0.15) is 37.8 Å². The topological polar surface area (TPSA) is 93.6 Å². The Labute approximate surface area is 162 Å². The highest BCUT2D eigenvalue weighted by molar-refractivity contribution is 6.35. The smallest absolute Gasteiger partial charge is 0.290 e. The summed E-state index contributed by atoms with van der Waals surface area (Å²) >= 11 is 6.24. The van der Waals surface area contributed by atoms with Crippen molar-refractivity contribution < 1.29 is 15.0 Å². The molecule has 0 amide bonds. The number of aliphatic hydroxyl groups excluding tert-OH is 1. The van der Waals surface area contributed by atoms with Crippen molar-refractivity contribution in [3.63, 3.8) is 0 Å². The van der Waals surface area contributed by atoms with E-state index in [1.165, 1.54) is 0 Å². The lowest BCUT2D eigenvalue weighted by Gasteiger charge is -2.42. The maximum absolute atomic E-state index is 12.4.